The van der Waals surface area contributed by atoms with Gasteiger partial charge in [0.2, 0.25) is 11.5 Å². The molecule has 1 aliphatic rings. The molecule has 0 saturated heterocycles. The number of carboxylic acid groups (broad SMARTS) is 1. The molecule has 1 saturated carbocycles. The van der Waals surface area contributed by atoms with Crippen molar-refractivity contribution in [2.45, 2.75) is 83.2 Å². The first kappa shape index (κ1) is 28.5. The Morgan fingerprint density at radius 1 is 1.03 bits per heavy atom. The van der Waals surface area contributed by atoms with Crippen molar-refractivity contribution in [3.8, 4) is 11.5 Å². The summed E-state index contributed by atoms with van der Waals surface area (Å²) in [5.41, 5.74) is -2.15. The fraction of sp³-hybridized carbons (Fsp3) is 0.517. The minimum Gasteiger partial charge on any atom is -0.490 e. The quantitative estimate of drug-likeness (QED) is 0.177. The van der Waals surface area contributed by atoms with E-state index in [-0.39, 0.29) is 30.4 Å². The van der Waals surface area contributed by atoms with E-state index >= 15 is 4.39 Å². The first-order valence-electron chi connectivity index (χ1n) is 13.1. The molecule has 5 nitrogen and oxygen atoms in total. The number of hydrogen-bond donors (Lipinski definition) is 1. The smallest absolute Gasteiger partial charge is 0.346 e. The number of ether oxygens (including phenoxy) is 2. The third kappa shape index (κ3) is 6.84. The lowest BCUT2D eigenvalue weighted by atomic mass is 9.72. The van der Waals surface area contributed by atoms with Crippen molar-refractivity contribution < 1.29 is 37.3 Å². The number of esters is 1. The highest BCUT2D eigenvalue weighted by Gasteiger charge is 2.48. The Labute approximate surface area is 216 Å². The van der Waals surface area contributed by atoms with E-state index < -0.39 is 40.7 Å². The fourth-order valence-corrected chi connectivity index (χ4v) is 4.94. The Balaban J connectivity index is 1.70. The number of benzene rings is 2. The number of alkyl halides is 1. The highest BCUT2D eigenvalue weighted by atomic mass is 19.2. The number of carboxylic acids is 1. The van der Waals surface area contributed by atoms with Crippen LogP contribution in [0.4, 0.5) is 13.2 Å². The molecule has 8 heteroatoms. The Kier molecular flexibility index (Phi) is 10.0. The topological polar surface area (TPSA) is 72.8 Å². The number of carbonyl (C=O) groups is 2. The van der Waals surface area contributed by atoms with Gasteiger partial charge in [-0.05, 0) is 67.9 Å². The first-order chi connectivity index (χ1) is 17.7. The van der Waals surface area contributed by atoms with Crippen LogP contribution >= 0.6 is 0 Å². The van der Waals surface area contributed by atoms with Gasteiger partial charge >= 0.3 is 11.9 Å². The van der Waals surface area contributed by atoms with Gasteiger partial charge in [0.25, 0.3) is 0 Å². The first-order valence-corrected chi connectivity index (χ1v) is 13.1. The molecule has 0 aromatic heterocycles. The molecule has 2 aromatic carbocycles. The molecule has 2 atom stereocenters. The molecule has 1 fully saturated rings. The second-order valence-electron chi connectivity index (χ2n) is 9.71. The Morgan fingerprint density at radius 2 is 1.70 bits per heavy atom. The standard InChI is InChI=1S/C29H35F3O5/c1-3-5-17-36-24-16-15-23(25(30)26(24)31)27(33)37-22-13-11-20(12-14-22)19(4-2)18-29(32,28(34)35)21-9-7-6-8-10-21/h11-16,19,21H,3-10,17-18H2,1-2H3,(H,34,35)/t19?,29-/m0/s1. The molecular weight excluding hydrogens is 485 g/mol. The highest BCUT2D eigenvalue weighted by molar-refractivity contribution is 5.91. The molecule has 0 amide bonds. The lowest BCUT2D eigenvalue weighted by molar-refractivity contribution is -0.157. The summed E-state index contributed by atoms with van der Waals surface area (Å²) < 4.78 is 55.0. The summed E-state index contributed by atoms with van der Waals surface area (Å²) in [7, 11) is 0. The van der Waals surface area contributed by atoms with Crippen molar-refractivity contribution in [2.24, 2.45) is 5.92 Å². The summed E-state index contributed by atoms with van der Waals surface area (Å²) >= 11 is 0. The van der Waals surface area contributed by atoms with Crippen LogP contribution in [-0.2, 0) is 4.79 Å². The fourth-order valence-electron chi connectivity index (χ4n) is 4.94. The molecule has 0 radical (unpaired) electrons. The van der Waals surface area contributed by atoms with Gasteiger partial charge in [-0.15, -0.1) is 0 Å². The number of hydrogen-bond acceptors (Lipinski definition) is 4. The van der Waals surface area contributed by atoms with Gasteiger partial charge in [-0.2, -0.15) is 4.39 Å². The summed E-state index contributed by atoms with van der Waals surface area (Å²) in [6.45, 7) is 4.04. The third-order valence-electron chi connectivity index (χ3n) is 7.23. The van der Waals surface area contributed by atoms with E-state index in [1.807, 2.05) is 13.8 Å². The molecule has 0 heterocycles. The molecule has 1 unspecified atom stereocenters. The number of rotatable bonds is 12. The van der Waals surface area contributed by atoms with Gasteiger partial charge in [-0.25, -0.2) is 18.4 Å². The maximum Gasteiger partial charge on any atom is 0.346 e. The lowest BCUT2D eigenvalue weighted by Gasteiger charge is -2.35. The zero-order chi connectivity index (χ0) is 27.0. The average Bonchev–Trinajstić information content (AvgIpc) is 2.90. The van der Waals surface area contributed by atoms with Crippen LogP contribution < -0.4 is 9.47 Å². The number of unbranched alkanes of at least 4 members (excludes halogenated alkanes) is 1. The molecule has 0 aliphatic heterocycles. The van der Waals surface area contributed by atoms with Crippen LogP contribution in [0.25, 0.3) is 0 Å². The summed E-state index contributed by atoms with van der Waals surface area (Å²) in [4.78, 5) is 24.4. The average molecular weight is 521 g/mol. The van der Waals surface area contributed by atoms with Gasteiger partial charge in [0.15, 0.2) is 11.6 Å². The molecule has 37 heavy (non-hydrogen) atoms. The summed E-state index contributed by atoms with van der Waals surface area (Å²) in [5.74, 6) is -6.11. The Morgan fingerprint density at radius 3 is 2.30 bits per heavy atom. The number of halogens is 3. The van der Waals surface area contributed by atoms with Crippen molar-refractivity contribution in [1.82, 2.24) is 0 Å². The van der Waals surface area contributed by atoms with Gasteiger partial charge in [-0.1, -0.05) is 51.7 Å². The highest BCUT2D eigenvalue weighted by Crippen LogP contribution is 2.42. The van der Waals surface area contributed by atoms with Crippen molar-refractivity contribution in [2.75, 3.05) is 6.61 Å². The molecule has 0 bridgehead atoms. The van der Waals surface area contributed by atoms with Gasteiger partial charge in [-0.3, -0.25) is 0 Å². The van der Waals surface area contributed by atoms with Crippen LogP contribution in [0.3, 0.4) is 0 Å². The normalized spacial score (nSPS) is 16.6. The van der Waals surface area contributed by atoms with Crippen molar-refractivity contribution in [3.05, 3.63) is 59.2 Å². The maximum absolute atomic E-state index is 15.8. The minimum absolute atomic E-state index is 0.101. The Hall–Kier alpha value is -3.03. The van der Waals surface area contributed by atoms with E-state index in [1.165, 1.54) is 18.2 Å². The van der Waals surface area contributed by atoms with E-state index in [4.69, 9.17) is 9.47 Å². The van der Waals surface area contributed by atoms with Gasteiger partial charge in [0, 0.05) is 5.92 Å². The minimum atomic E-state index is -2.31. The van der Waals surface area contributed by atoms with Gasteiger partial charge in [0.05, 0.1) is 12.2 Å². The van der Waals surface area contributed by atoms with E-state index in [0.717, 1.165) is 31.7 Å². The monoisotopic (exact) mass is 520 g/mol. The van der Waals surface area contributed by atoms with Crippen molar-refractivity contribution in [1.29, 1.82) is 0 Å². The number of carbonyl (C=O) groups excluding carboxylic acids is 1. The van der Waals surface area contributed by atoms with E-state index in [2.05, 4.69) is 0 Å². The van der Waals surface area contributed by atoms with E-state index in [1.54, 1.807) is 12.1 Å². The molecule has 1 aliphatic carbocycles. The second-order valence-corrected chi connectivity index (χ2v) is 9.71. The summed E-state index contributed by atoms with van der Waals surface area (Å²) in [6, 6.07) is 8.55. The van der Waals surface area contributed by atoms with Gasteiger partial charge < -0.3 is 14.6 Å². The summed E-state index contributed by atoms with van der Waals surface area (Å²) in [5, 5.41) is 9.74. The van der Waals surface area contributed by atoms with Gasteiger partial charge in [0.1, 0.15) is 5.75 Å². The molecule has 3 rings (SSSR count). The predicted octanol–water partition coefficient (Wildman–Crippen LogP) is 7.62. The second kappa shape index (κ2) is 13.0. The SMILES string of the molecule is CCCCOc1ccc(C(=O)Oc2ccc(C(CC)C[C@@](F)(C(=O)O)C3CCCCC3)cc2)c(F)c1F. The molecular formula is C29H35F3O5. The largest absolute Gasteiger partial charge is 0.490 e. The van der Waals surface area contributed by atoms with Crippen LogP contribution in [0.15, 0.2) is 36.4 Å². The van der Waals surface area contributed by atoms with Crippen LogP contribution in [0, 0.1) is 17.6 Å². The van der Waals surface area contributed by atoms with Crippen LogP contribution in [0.5, 0.6) is 11.5 Å². The molecule has 2 aromatic rings. The zero-order valence-corrected chi connectivity index (χ0v) is 21.4. The lowest BCUT2D eigenvalue weighted by Crippen LogP contribution is -2.43. The van der Waals surface area contributed by atoms with Crippen LogP contribution in [-0.4, -0.2) is 29.3 Å². The predicted molar refractivity (Wildman–Crippen MR) is 134 cm³/mol. The van der Waals surface area contributed by atoms with Crippen LogP contribution in [0.2, 0.25) is 0 Å². The van der Waals surface area contributed by atoms with E-state index in [9.17, 15) is 23.5 Å². The van der Waals surface area contributed by atoms with Crippen molar-refractivity contribution in [3.63, 3.8) is 0 Å². The van der Waals surface area contributed by atoms with E-state index in [0.29, 0.717) is 31.2 Å². The zero-order valence-electron chi connectivity index (χ0n) is 21.4. The van der Waals surface area contributed by atoms with Crippen LogP contribution in [0.1, 0.15) is 93.5 Å². The maximum atomic E-state index is 15.8. The molecule has 202 valence electrons. The Bertz CT molecular complexity index is 1070. The van der Waals surface area contributed by atoms with Crippen molar-refractivity contribution >= 4 is 11.9 Å². The summed E-state index contributed by atoms with van der Waals surface area (Å²) in [6.07, 6.45) is 5.70. The number of aliphatic carboxylic acids is 1. The third-order valence-corrected chi connectivity index (χ3v) is 7.23. The molecule has 0 spiro atoms. The molecule has 1 N–H and O–H groups in total.